The van der Waals surface area contributed by atoms with Gasteiger partial charge in [-0.1, -0.05) is 42.0 Å². The predicted octanol–water partition coefficient (Wildman–Crippen LogP) is 2.79. The Morgan fingerprint density at radius 3 is 2.67 bits per heavy atom. The molecule has 1 atom stereocenters. The van der Waals surface area contributed by atoms with Crippen molar-refractivity contribution in [1.29, 1.82) is 0 Å². The number of hydrogen-bond acceptors (Lipinski definition) is 3. The lowest BCUT2D eigenvalue weighted by Gasteiger charge is -2.22. The first-order valence-corrected chi connectivity index (χ1v) is 7.57. The van der Waals surface area contributed by atoms with Gasteiger partial charge in [0, 0.05) is 18.8 Å². The van der Waals surface area contributed by atoms with Crippen molar-refractivity contribution in [2.75, 3.05) is 25.1 Å². The average molecular weight is 265 g/mol. The molecule has 1 aromatic carbocycles. The fraction of sp³-hybridized carbons (Fsp3) is 0.467. The summed E-state index contributed by atoms with van der Waals surface area (Å²) in [5.74, 6) is 0.751. The molecule has 18 heavy (non-hydrogen) atoms. The van der Waals surface area contributed by atoms with Gasteiger partial charge in [0.25, 0.3) is 0 Å². The normalized spacial score (nSPS) is 15.4. The quantitative estimate of drug-likeness (QED) is 0.795. The maximum absolute atomic E-state index is 10.0. The lowest BCUT2D eigenvalue weighted by atomic mass is 10.1. The topological polar surface area (TPSA) is 32.3 Å². The Morgan fingerprint density at radius 1 is 1.39 bits per heavy atom. The Balaban J connectivity index is 2.38. The van der Waals surface area contributed by atoms with Gasteiger partial charge in [-0.3, -0.25) is 0 Å². The highest BCUT2D eigenvalue weighted by molar-refractivity contribution is 7.98. The molecule has 0 heterocycles. The minimum atomic E-state index is -0.632. The summed E-state index contributed by atoms with van der Waals surface area (Å²) in [7, 11) is 0. The molecule has 0 aliphatic heterocycles. The van der Waals surface area contributed by atoms with Gasteiger partial charge in [-0.25, -0.2) is 0 Å². The van der Waals surface area contributed by atoms with Crippen LogP contribution in [0.4, 0.5) is 0 Å². The van der Waals surface area contributed by atoms with Crippen LogP contribution in [0.1, 0.15) is 19.4 Å². The van der Waals surface area contributed by atoms with Crippen LogP contribution in [0.25, 0.3) is 6.08 Å². The molecule has 100 valence electrons. The zero-order valence-corrected chi connectivity index (χ0v) is 12.3. The van der Waals surface area contributed by atoms with Gasteiger partial charge in [-0.05, 0) is 25.7 Å². The molecule has 1 unspecified atom stereocenters. The number of thioether (sulfide) groups is 1. The van der Waals surface area contributed by atoms with E-state index in [0.29, 0.717) is 6.54 Å². The first-order valence-electron chi connectivity index (χ1n) is 6.18. The summed E-state index contributed by atoms with van der Waals surface area (Å²) in [4.78, 5) is 0. The third-order valence-corrected chi connectivity index (χ3v) is 3.49. The zero-order chi connectivity index (χ0) is 13.4. The molecule has 0 amide bonds. The molecule has 3 heteroatoms. The number of rotatable bonds is 7. The van der Waals surface area contributed by atoms with Crippen molar-refractivity contribution in [1.82, 2.24) is 5.32 Å². The van der Waals surface area contributed by atoms with Crippen LogP contribution in [-0.4, -0.2) is 35.8 Å². The van der Waals surface area contributed by atoms with Crippen LogP contribution in [-0.2, 0) is 0 Å². The fourth-order valence-corrected chi connectivity index (χ4v) is 2.50. The maximum atomic E-state index is 10.0. The van der Waals surface area contributed by atoms with Crippen molar-refractivity contribution >= 4 is 17.8 Å². The monoisotopic (exact) mass is 265 g/mol. The summed E-state index contributed by atoms with van der Waals surface area (Å²) >= 11 is 1.67. The summed E-state index contributed by atoms with van der Waals surface area (Å²) in [5, 5.41) is 13.3. The molecule has 0 aliphatic carbocycles. The van der Waals surface area contributed by atoms with Gasteiger partial charge in [0.2, 0.25) is 0 Å². The molecule has 2 nitrogen and oxygen atoms in total. The van der Waals surface area contributed by atoms with Crippen LogP contribution < -0.4 is 5.32 Å². The van der Waals surface area contributed by atoms with E-state index in [2.05, 4.69) is 30.4 Å². The van der Waals surface area contributed by atoms with Gasteiger partial charge in [0.05, 0.1) is 5.60 Å². The van der Waals surface area contributed by atoms with Crippen molar-refractivity contribution in [3.63, 3.8) is 0 Å². The highest BCUT2D eigenvalue weighted by atomic mass is 32.2. The second-order valence-electron chi connectivity index (χ2n) is 4.93. The minimum absolute atomic E-state index is 0.619. The van der Waals surface area contributed by atoms with E-state index in [9.17, 15) is 5.11 Å². The molecule has 0 saturated heterocycles. The van der Waals surface area contributed by atoms with Crippen LogP contribution in [0.3, 0.4) is 0 Å². The molecule has 0 aromatic heterocycles. The van der Waals surface area contributed by atoms with E-state index in [1.165, 1.54) is 11.1 Å². The van der Waals surface area contributed by atoms with Crippen molar-refractivity contribution in [3.8, 4) is 0 Å². The summed E-state index contributed by atoms with van der Waals surface area (Å²) in [5.41, 5.74) is 1.85. The van der Waals surface area contributed by atoms with Crippen molar-refractivity contribution < 1.29 is 5.11 Å². The summed E-state index contributed by atoms with van der Waals surface area (Å²) in [6.45, 7) is 5.39. The summed E-state index contributed by atoms with van der Waals surface area (Å²) in [6, 6.07) is 10.3. The van der Waals surface area contributed by atoms with Gasteiger partial charge < -0.3 is 10.4 Å². The van der Waals surface area contributed by atoms with Crippen molar-refractivity contribution in [3.05, 3.63) is 41.5 Å². The molecular weight excluding hydrogens is 242 g/mol. The Morgan fingerprint density at radius 2 is 2.06 bits per heavy atom. The Hall–Kier alpha value is -0.770. The Kier molecular flexibility index (Phi) is 6.47. The largest absolute Gasteiger partial charge is 0.388 e. The second kappa shape index (κ2) is 7.62. The molecule has 0 saturated carbocycles. The molecule has 0 fully saturated rings. The van der Waals surface area contributed by atoms with Crippen molar-refractivity contribution in [2.45, 2.75) is 19.4 Å². The van der Waals surface area contributed by atoms with Gasteiger partial charge in [-0.2, -0.15) is 11.8 Å². The smallest absolute Gasteiger partial charge is 0.0833 e. The highest BCUT2D eigenvalue weighted by Gasteiger charge is 2.18. The first-order chi connectivity index (χ1) is 8.53. The number of aliphatic hydroxyl groups is 1. The summed E-state index contributed by atoms with van der Waals surface area (Å²) < 4.78 is 0. The van der Waals surface area contributed by atoms with Crippen LogP contribution >= 0.6 is 11.8 Å². The molecule has 2 N–H and O–H groups in total. The number of hydrogen-bond donors (Lipinski definition) is 2. The average Bonchev–Trinajstić information content (AvgIpc) is 2.29. The lowest BCUT2D eigenvalue weighted by molar-refractivity contribution is 0.0859. The summed E-state index contributed by atoms with van der Waals surface area (Å²) in [6.07, 6.45) is 4.17. The van der Waals surface area contributed by atoms with Gasteiger partial charge >= 0.3 is 0 Å². The van der Waals surface area contributed by atoms with E-state index in [1.54, 1.807) is 11.8 Å². The van der Waals surface area contributed by atoms with E-state index in [-0.39, 0.29) is 0 Å². The second-order valence-corrected chi connectivity index (χ2v) is 5.80. The zero-order valence-electron chi connectivity index (χ0n) is 11.4. The lowest BCUT2D eigenvalue weighted by Crippen LogP contribution is -2.40. The molecule has 1 aromatic rings. The molecular formula is C15H23NOS. The van der Waals surface area contributed by atoms with Crippen LogP contribution in [0.2, 0.25) is 0 Å². The molecule has 0 aliphatic rings. The first kappa shape index (κ1) is 15.3. The Labute approximate surface area is 114 Å². The van der Waals surface area contributed by atoms with E-state index in [4.69, 9.17) is 0 Å². The molecule has 0 spiro atoms. The third-order valence-electron chi connectivity index (χ3n) is 2.58. The van der Waals surface area contributed by atoms with E-state index in [0.717, 1.165) is 12.3 Å². The third kappa shape index (κ3) is 6.24. The minimum Gasteiger partial charge on any atom is -0.388 e. The van der Waals surface area contributed by atoms with Crippen LogP contribution in [0.15, 0.2) is 35.9 Å². The van der Waals surface area contributed by atoms with E-state index < -0.39 is 5.60 Å². The number of nitrogens with one attached hydrogen (secondary N) is 1. The van der Waals surface area contributed by atoms with Crippen molar-refractivity contribution in [2.24, 2.45) is 0 Å². The Bertz CT molecular complexity index is 373. The SMILES string of the molecule is CSCC(C)(O)CNCC(C)=Cc1ccccc1. The van der Waals surface area contributed by atoms with Gasteiger partial charge in [0.15, 0.2) is 0 Å². The van der Waals surface area contributed by atoms with E-state index >= 15 is 0 Å². The van der Waals surface area contributed by atoms with E-state index in [1.807, 2.05) is 31.4 Å². The van der Waals surface area contributed by atoms with Gasteiger partial charge in [0.1, 0.15) is 0 Å². The number of benzene rings is 1. The highest BCUT2D eigenvalue weighted by Crippen LogP contribution is 2.09. The standard InChI is InChI=1S/C15H23NOS/c1-13(9-14-7-5-4-6-8-14)10-16-11-15(2,17)12-18-3/h4-9,16-17H,10-12H2,1-3H3. The predicted molar refractivity (Wildman–Crippen MR) is 82.0 cm³/mol. The molecule has 1 rings (SSSR count). The van der Waals surface area contributed by atoms with Crippen LogP contribution in [0.5, 0.6) is 0 Å². The fourth-order valence-electron chi connectivity index (χ4n) is 1.78. The maximum Gasteiger partial charge on any atom is 0.0833 e. The van der Waals surface area contributed by atoms with Crippen LogP contribution in [0, 0.1) is 0 Å². The molecule has 0 bridgehead atoms. The molecule has 0 radical (unpaired) electrons. The van der Waals surface area contributed by atoms with Gasteiger partial charge in [-0.15, -0.1) is 0 Å².